The quantitative estimate of drug-likeness (QED) is 0.221. The van der Waals surface area contributed by atoms with Gasteiger partial charge in [0, 0.05) is 6.54 Å². The van der Waals surface area contributed by atoms with Crippen molar-refractivity contribution in [3.05, 3.63) is 28.7 Å². The van der Waals surface area contributed by atoms with E-state index < -0.39 is 5.97 Å². The molecule has 1 aliphatic rings. The summed E-state index contributed by atoms with van der Waals surface area (Å²) in [5, 5.41) is 8.85. The SMILES string of the molecule is CCCCCCCCOc1ccc(C=C2SC(=S)N(CCC(=O)O)C2=O)cc1OCC. The van der Waals surface area contributed by atoms with E-state index in [1.54, 1.807) is 6.08 Å². The molecule has 0 radical (unpaired) electrons. The first-order valence-corrected chi connectivity index (χ1v) is 12.1. The van der Waals surface area contributed by atoms with Crippen molar-refractivity contribution in [1.82, 2.24) is 4.90 Å². The summed E-state index contributed by atoms with van der Waals surface area (Å²) in [5.74, 6) is 0.110. The third-order valence-electron chi connectivity index (χ3n) is 4.74. The standard InChI is InChI=1S/C23H31NO5S2/c1-3-5-6-7-8-9-14-29-18-11-10-17(15-19(18)28-4-2)16-20-22(27)24(23(30)31-20)13-12-21(25)26/h10-11,15-16H,3-9,12-14H2,1-2H3,(H,25,26). The molecule has 170 valence electrons. The molecular weight excluding hydrogens is 434 g/mol. The first-order valence-electron chi connectivity index (χ1n) is 10.8. The molecule has 31 heavy (non-hydrogen) atoms. The van der Waals surface area contributed by atoms with Crippen molar-refractivity contribution in [2.45, 2.75) is 58.8 Å². The fourth-order valence-electron chi connectivity index (χ4n) is 3.12. The van der Waals surface area contributed by atoms with E-state index in [0.29, 0.717) is 33.9 Å². The summed E-state index contributed by atoms with van der Waals surface area (Å²) in [6.07, 6.45) is 8.82. The van der Waals surface area contributed by atoms with Gasteiger partial charge in [0.1, 0.15) is 4.32 Å². The summed E-state index contributed by atoms with van der Waals surface area (Å²) in [7, 11) is 0. The number of hydrogen-bond donors (Lipinski definition) is 1. The normalized spacial score (nSPS) is 15.0. The highest BCUT2D eigenvalue weighted by Gasteiger charge is 2.32. The van der Waals surface area contributed by atoms with Crippen LogP contribution < -0.4 is 9.47 Å². The van der Waals surface area contributed by atoms with E-state index in [1.165, 1.54) is 42.3 Å². The minimum Gasteiger partial charge on any atom is -0.490 e. The molecule has 0 spiro atoms. The van der Waals surface area contributed by atoms with E-state index in [0.717, 1.165) is 18.4 Å². The van der Waals surface area contributed by atoms with E-state index in [9.17, 15) is 9.59 Å². The number of carboxylic acid groups (broad SMARTS) is 1. The highest BCUT2D eigenvalue weighted by molar-refractivity contribution is 8.26. The monoisotopic (exact) mass is 465 g/mol. The summed E-state index contributed by atoms with van der Waals surface area (Å²) in [4.78, 5) is 25.2. The maximum atomic E-state index is 12.6. The van der Waals surface area contributed by atoms with Crippen LogP contribution in [0.3, 0.4) is 0 Å². The summed E-state index contributed by atoms with van der Waals surface area (Å²) in [6.45, 7) is 5.36. The molecule has 0 saturated carbocycles. The summed E-state index contributed by atoms with van der Waals surface area (Å²) in [6, 6.07) is 5.59. The number of thiocarbonyl (C=S) groups is 1. The van der Waals surface area contributed by atoms with E-state index >= 15 is 0 Å². The number of rotatable bonds is 14. The van der Waals surface area contributed by atoms with Crippen LogP contribution in [0.4, 0.5) is 0 Å². The molecule has 1 aliphatic heterocycles. The van der Waals surface area contributed by atoms with E-state index in [4.69, 9.17) is 26.8 Å². The van der Waals surface area contributed by atoms with Crippen LogP contribution in [0.15, 0.2) is 23.1 Å². The Kier molecular flexibility index (Phi) is 10.9. The van der Waals surface area contributed by atoms with Gasteiger partial charge in [-0.3, -0.25) is 14.5 Å². The van der Waals surface area contributed by atoms with Crippen molar-refractivity contribution >= 4 is 46.3 Å². The van der Waals surface area contributed by atoms with E-state index in [2.05, 4.69) is 6.92 Å². The number of unbranched alkanes of at least 4 members (excludes halogenated alkanes) is 5. The Morgan fingerprint density at radius 2 is 1.87 bits per heavy atom. The minimum absolute atomic E-state index is 0.0761. The van der Waals surface area contributed by atoms with Gasteiger partial charge in [-0.15, -0.1) is 0 Å². The third kappa shape index (κ3) is 8.18. The van der Waals surface area contributed by atoms with Crippen molar-refractivity contribution in [3.8, 4) is 11.5 Å². The molecule has 1 aromatic carbocycles. The van der Waals surface area contributed by atoms with Crippen LogP contribution in [-0.4, -0.2) is 46.0 Å². The molecule has 1 amide bonds. The topological polar surface area (TPSA) is 76.1 Å². The number of carbonyl (C=O) groups excluding carboxylic acids is 1. The molecule has 6 nitrogen and oxygen atoms in total. The molecule has 1 fully saturated rings. The van der Waals surface area contributed by atoms with Crippen LogP contribution in [0.1, 0.15) is 64.4 Å². The average molecular weight is 466 g/mol. The Morgan fingerprint density at radius 1 is 1.13 bits per heavy atom. The predicted molar refractivity (Wildman–Crippen MR) is 129 cm³/mol. The predicted octanol–water partition coefficient (Wildman–Crippen LogP) is 5.50. The molecular formula is C23H31NO5S2. The van der Waals surface area contributed by atoms with Crippen LogP contribution in [0.25, 0.3) is 6.08 Å². The fraction of sp³-hybridized carbons (Fsp3) is 0.522. The van der Waals surface area contributed by atoms with Crippen molar-refractivity contribution < 1.29 is 24.2 Å². The van der Waals surface area contributed by atoms with Crippen molar-refractivity contribution in [1.29, 1.82) is 0 Å². The lowest BCUT2D eigenvalue weighted by molar-refractivity contribution is -0.137. The summed E-state index contributed by atoms with van der Waals surface area (Å²) < 4.78 is 12.0. The zero-order valence-electron chi connectivity index (χ0n) is 18.2. The fourth-order valence-corrected chi connectivity index (χ4v) is 4.43. The van der Waals surface area contributed by atoms with Gasteiger partial charge in [-0.1, -0.05) is 69.1 Å². The van der Waals surface area contributed by atoms with Gasteiger partial charge in [-0.2, -0.15) is 0 Å². The van der Waals surface area contributed by atoms with Crippen LogP contribution in [0.5, 0.6) is 11.5 Å². The molecule has 0 aliphatic carbocycles. The van der Waals surface area contributed by atoms with Crippen molar-refractivity contribution in [2.24, 2.45) is 0 Å². The number of ether oxygens (including phenoxy) is 2. The highest BCUT2D eigenvalue weighted by Crippen LogP contribution is 2.35. The largest absolute Gasteiger partial charge is 0.490 e. The second-order valence-corrected chi connectivity index (χ2v) is 8.91. The average Bonchev–Trinajstić information content (AvgIpc) is 2.99. The lowest BCUT2D eigenvalue weighted by Gasteiger charge is -2.13. The van der Waals surface area contributed by atoms with Gasteiger partial charge in [0.15, 0.2) is 11.5 Å². The van der Waals surface area contributed by atoms with Crippen LogP contribution >= 0.6 is 24.0 Å². The van der Waals surface area contributed by atoms with E-state index in [1.807, 2.05) is 25.1 Å². The highest BCUT2D eigenvalue weighted by atomic mass is 32.2. The maximum absolute atomic E-state index is 12.6. The molecule has 1 heterocycles. The third-order valence-corrected chi connectivity index (χ3v) is 6.12. The molecule has 1 N–H and O–H groups in total. The zero-order valence-corrected chi connectivity index (χ0v) is 19.9. The maximum Gasteiger partial charge on any atom is 0.305 e. The number of aliphatic carboxylic acids is 1. The van der Waals surface area contributed by atoms with Crippen LogP contribution in [-0.2, 0) is 9.59 Å². The lowest BCUT2D eigenvalue weighted by atomic mass is 10.1. The molecule has 1 saturated heterocycles. The Bertz CT molecular complexity index is 809. The number of thioether (sulfide) groups is 1. The minimum atomic E-state index is -0.962. The molecule has 2 rings (SSSR count). The summed E-state index contributed by atoms with van der Waals surface area (Å²) >= 11 is 6.41. The van der Waals surface area contributed by atoms with Gasteiger partial charge in [0.2, 0.25) is 0 Å². The smallest absolute Gasteiger partial charge is 0.305 e. The van der Waals surface area contributed by atoms with Crippen molar-refractivity contribution in [3.63, 3.8) is 0 Å². The molecule has 0 bridgehead atoms. The van der Waals surface area contributed by atoms with Gasteiger partial charge < -0.3 is 14.6 Å². The molecule has 0 unspecified atom stereocenters. The second-order valence-electron chi connectivity index (χ2n) is 7.23. The first-order chi connectivity index (χ1) is 15.0. The van der Waals surface area contributed by atoms with Crippen LogP contribution in [0.2, 0.25) is 0 Å². The first kappa shape index (κ1) is 25.2. The van der Waals surface area contributed by atoms with Gasteiger partial charge >= 0.3 is 5.97 Å². The Morgan fingerprint density at radius 3 is 2.58 bits per heavy atom. The van der Waals surface area contributed by atoms with Gasteiger partial charge in [-0.05, 0) is 37.1 Å². The second kappa shape index (κ2) is 13.4. The summed E-state index contributed by atoms with van der Waals surface area (Å²) in [5.41, 5.74) is 0.800. The number of nitrogens with zero attached hydrogens (tertiary/aromatic N) is 1. The van der Waals surface area contributed by atoms with Gasteiger partial charge in [0.05, 0.1) is 24.5 Å². The number of carboxylic acids is 1. The molecule has 0 aromatic heterocycles. The van der Waals surface area contributed by atoms with E-state index in [-0.39, 0.29) is 18.9 Å². The molecule has 8 heteroatoms. The lowest BCUT2D eigenvalue weighted by Crippen LogP contribution is -2.30. The number of carbonyl (C=O) groups is 2. The van der Waals surface area contributed by atoms with Gasteiger partial charge in [0.25, 0.3) is 5.91 Å². The number of benzene rings is 1. The number of hydrogen-bond acceptors (Lipinski definition) is 6. The number of amides is 1. The van der Waals surface area contributed by atoms with Gasteiger partial charge in [-0.25, -0.2) is 0 Å². The Hall–Kier alpha value is -2.06. The zero-order chi connectivity index (χ0) is 22.6. The molecule has 1 aromatic rings. The van der Waals surface area contributed by atoms with Crippen molar-refractivity contribution in [2.75, 3.05) is 19.8 Å². The van der Waals surface area contributed by atoms with Crippen LogP contribution in [0, 0.1) is 0 Å². The Balaban J connectivity index is 2.00. The molecule has 0 atom stereocenters. The Labute approximate surface area is 194 Å².